The van der Waals surface area contributed by atoms with Crippen molar-refractivity contribution < 1.29 is 18.4 Å². The van der Waals surface area contributed by atoms with Crippen LogP contribution in [0.4, 0.5) is 20.3 Å². The molecule has 7 nitrogen and oxygen atoms in total. The molecule has 2 heterocycles. The van der Waals surface area contributed by atoms with Gasteiger partial charge >= 0.3 is 0 Å². The highest BCUT2D eigenvalue weighted by Crippen LogP contribution is 2.22. The van der Waals surface area contributed by atoms with E-state index >= 15 is 0 Å². The van der Waals surface area contributed by atoms with E-state index in [1.165, 1.54) is 24.4 Å². The summed E-state index contributed by atoms with van der Waals surface area (Å²) in [7, 11) is 0. The van der Waals surface area contributed by atoms with Crippen molar-refractivity contribution in [3.8, 4) is 0 Å². The number of nitrogens with zero attached hydrogens (tertiary/aromatic N) is 2. The zero-order chi connectivity index (χ0) is 24.9. The number of piperidine rings is 1. The molecule has 0 aliphatic carbocycles. The van der Waals surface area contributed by atoms with Crippen molar-refractivity contribution >= 4 is 45.1 Å². The molecule has 2 amide bonds. The van der Waals surface area contributed by atoms with Gasteiger partial charge in [0.05, 0.1) is 16.8 Å². The van der Waals surface area contributed by atoms with Crippen LogP contribution in [-0.4, -0.2) is 40.6 Å². The van der Waals surface area contributed by atoms with Crippen molar-refractivity contribution in [2.24, 2.45) is 0 Å². The molecular formula is C26H26BrF2N5O2. The predicted octanol–water partition coefficient (Wildman–Crippen LogP) is 6.07. The van der Waals surface area contributed by atoms with E-state index in [0.29, 0.717) is 10.0 Å². The second kappa shape index (κ2) is 11.9. The van der Waals surface area contributed by atoms with Crippen LogP contribution in [0.1, 0.15) is 53.0 Å². The number of amides is 2. The average molecular weight is 558 g/mol. The number of carbonyl (C=O) groups is 2. The minimum Gasteiger partial charge on any atom is -0.357 e. The van der Waals surface area contributed by atoms with E-state index in [1.54, 1.807) is 12.1 Å². The lowest BCUT2D eigenvalue weighted by Crippen LogP contribution is -2.35. The van der Waals surface area contributed by atoms with Crippen molar-refractivity contribution in [1.29, 1.82) is 5.41 Å². The van der Waals surface area contributed by atoms with Crippen LogP contribution in [0.5, 0.6) is 0 Å². The summed E-state index contributed by atoms with van der Waals surface area (Å²) in [4.78, 5) is 31.5. The van der Waals surface area contributed by atoms with E-state index < -0.39 is 23.4 Å². The number of hydrogen-bond acceptors (Lipinski definition) is 4. The molecule has 36 heavy (non-hydrogen) atoms. The normalized spacial score (nSPS) is 12.9. The third-order valence-electron chi connectivity index (χ3n) is 5.60. The van der Waals surface area contributed by atoms with E-state index in [4.69, 9.17) is 5.41 Å². The number of hydrogen-bond donors (Lipinski definition) is 3. The van der Waals surface area contributed by atoms with Gasteiger partial charge in [-0.05, 0) is 77.7 Å². The summed E-state index contributed by atoms with van der Waals surface area (Å²) in [6.45, 7) is 1.49. The van der Waals surface area contributed by atoms with E-state index in [1.807, 2.05) is 4.90 Å². The van der Waals surface area contributed by atoms with Gasteiger partial charge in [0, 0.05) is 29.3 Å². The van der Waals surface area contributed by atoms with Crippen molar-refractivity contribution in [3.05, 3.63) is 87.5 Å². The summed E-state index contributed by atoms with van der Waals surface area (Å²) in [5.74, 6) is -2.52. The van der Waals surface area contributed by atoms with Crippen LogP contribution < -0.4 is 10.6 Å². The Hall–Kier alpha value is -3.66. The molecule has 10 heteroatoms. The maximum absolute atomic E-state index is 14.8. The fraction of sp³-hybridized carbons (Fsp3) is 0.231. The zero-order valence-corrected chi connectivity index (χ0v) is 20.2. The Labute approximate surface area is 216 Å². The topological polar surface area (TPSA) is 98.2 Å². The van der Waals surface area contributed by atoms with Gasteiger partial charge in [0.15, 0.2) is 0 Å². The molecule has 1 fully saturated rings. The largest absolute Gasteiger partial charge is 0.357 e. The van der Waals surface area contributed by atoms with Crippen molar-refractivity contribution in [3.63, 3.8) is 0 Å². The number of anilines is 2. The van der Waals surface area contributed by atoms with Gasteiger partial charge in [0.25, 0.3) is 11.8 Å². The Morgan fingerprint density at radius 1 is 0.917 bits per heavy atom. The zero-order valence-electron chi connectivity index (χ0n) is 18.6. The van der Waals surface area contributed by atoms with Crippen LogP contribution in [0.25, 0.3) is 0 Å². The number of benzene rings is 2. The molecule has 4 rings (SSSR count). The Bertz CT molecular complexity index is 1280. The van der Waals surface area contributed by atoms with Crippen LogP contribution in [0.3, 0.4) is 0 Å². The van der Waals surface area contributed by atoms with Gasteiger partial charge in [-0.2, -0.15) is 0 Å². The summed E-state index contributed by atoms with van der Waals surface area (Å²) in [6.07, 6.45) is 4.56. The second-order valence-corrected chi connectivity index (χ2v) is 8.97. The highest BCUT2D eigenvalue weighted by Gasteiger charge is 2.20. The molecule has 0 bridgehead atoms. The Balaban J connectivity index is 0.00000361. The highest BCUT2D eigenvalue weighted by atomic mass is 79.9. The number of likely N-dealkylation sites (tertiary alicyclic amines) is 1. The molecule has 1 aliphatic rings. The monoisotopic (exact) mass is 557 g/mol. The molecule has 2 aromatic carbocycles. The molecule has 0 saturated carbocycles. The average Bonchev–Trinajstić information content (AvgIpc) is 2.86. The van der Waals surface area contributed by atoms with Gasteiger partial charge < -0.3 is 15.5 Å². The molecule has 0 atom stereocenters. The number of nitrogens with one attached hydrogen (secondary N) is 3. The van der Waals surface area contributed by atoms with Crippen molar-refractivity contribution in [2.45, 2.75) is 26.7 Å². The van der Waals surface area contributed by atoms with Crippen molar-refractivity contribution in [2.75, 3.05) is 23.7 Å². The van der Waals surface area contributed by atoms with Gasteiger partial charge in [-0.3, -0.25) is 15.0 Å². The van der Waals surface area contributed by atoms with Crippen molar-refractivity contribution in [1.82, 2.24) is 9.88 Å². The molecule has 0 unspecified atom stereocenters. The highest BCUT2D eigenvalue weighted by molar-refractivity contribution is 9.10. The fourth-order valence-electron chi connectivity index (χ4n) is 3.78. The minimum absolute atomic E-state index is 0. The van der Waals surface area contributed by atoms with E-state index in [9.17, 15) is 18.4 Å². The van der Waals surface area contributed by atoms with E-state index in [2.05, 4.69) is 31.5 Å². The molecule has 188 valence electrons. The number of amidine groups is 1. The van der Waals surface area contributed by atoms with E-state index in [-0.39, 0.29) is 35.9 Å². The summed E-state index contributed by atoms with van der Waals surface area (Å²) < 4.78 is 29.5. The molecule has 1 saturated heterocycles. The molecule has 1 aromatic heterocycles. The van der Waals surface area contributed by atoms with Gasteiger partial charge in [-0.15, -0.1) is 0 Å². The third-order valence-corrected chi connectivity index (χ3v) is 6.07. The number of halogens is 3. The summed E-state index contributed by atoms with van der Waals surface area (Å²) >= 11 is 3.25. The molecule has 3 N–H and O–H groups in total. The first kappa shape index (κ1) is 26.9. The number of aromatic nitrogens is 1. The molecule has 3 aromatic rings. The van der Waals surface area contributed by atoms with Crippen LogP contribution in [-0.2, 0) is 0 Å². The second-order valence-electron chi connectivity index (χ2n) is 8.05. The first-order valence-electron chi connectivity index (χ1n) is 11.0. The smallest absolute Gasteiger partial charge is 0.259 e. The van der Waals surface area contributed by atoms with Gasteiger partial charge in [0.2, 0.25) is 0 Å². The van der Waals surface area contributed by atoms with Gasteiger partial charge in [-0.1, -0.05) is 13.5 Å². The molecule has 0 radical (unpaired) electrons. The molecular weight excluding hydrogens is 532 g/mol. The summed E-state index contributed by atoms with van der Waals surface area (Å²) in [5.41, 5.74) is -0.0160. The molecule has 0 spiro atoms. The number of pyridine rings is 1. The predicted molar refractivity (Wildman–Crippen MR) is 140 cm³/mol. The van der Waals surface area contributed by atoms with Crippen LogP contribution in [0.15, 0.2) is 59.2 Å². The van der Waals surface area contributed by atoms with Crippen LogP contribution in [0, 0.1) is 17.0 Å². The first-order chi connectivity index (χ1) is 16.8. The number of carbonyl (C=O) groups excluding carboxylic acids is 2. The SMILES string of the molecule is C.N=C(c1ccc(C(=O)Nc2ccc(F)cc2C(=O)Nc2ccc(Br)cn2)c(F)c1)N1CCCCC1. The van der Waals surface area contributed by atoms with Crippen LogP contribution >= 0.6 is 15.9 Å². The lowest BCUT2D eigenvalue weighted by Gasteiger charge is -2.29. The summed E-state index contributed by atoms with van der Waals surface area (Å²) in [5, 5.41) is 13.4. The minimum atomic E-state index is -0.805. The van der Waals surface area contributed by atoms with Gasteiger partial charge in [-0.25, -0.2) is 13.8 Å². The summed E-state index contributed by atoms with van der Waals surface area (Å²) in [6, 6.07) is 10.5. The lowest BCUT2D eigenvalue weighted by atomic mass is 10.1. The maximum atomic E-state index is 14.8. The first-order valence-corrected chi connectivity index (χ1v) is 11.8. The third kappa shape index (κ3) is 6.31. The number of rotatable bonds is 5. The maximum Gasteiger partial charge on any atom is 0.259 e. The fourth-order valence-corrected chi connectivity index (χ4v) is 4.02. The molecule has 1 aliphatic heterocycles. The quantitative estimate of drug-likeness (QED) is 0.261. The Morgan fingerprint density at radius 3 is 2.31 bits per heavy atom. The van der Waals surface area contributed by atoms with Gasteiger partial charge in [0.1, 0.15) is 23.3 Å². The van der Waals surface area contributed by atoms with E-state index in [0.717, 1.165) is 50.6 Å². The Kier molecular flexibility index (Phi) is 8.87. The van der Waals surface area contributed by atoms with Crippen LogP contribution in [0.2, 0.25) is 0 Å². The Morgan fingerprint density at radius 2 is 1.64 bits per heavy atom. The lowest BCUT2D eigenvalue weighted by molar-refractivity contribution is 0.102. The standard InChI is InChI=1S/C25H22BrF2N5O2.CH4/c26-16-5-9-22(30-14-16)32-25(35)19-13-17(27)6-8-21(19)31-24(34)18-7-4-15(12-20(18)28)23(29)33-10-2-1-3-11-33;/h4-9,12-14,29H,1-3,10-11H2,(H,31,34)(H,30,32,35);1H4.